The van der Waals surface area contributed by atoms with Crippen LogP contribution < -0.4 is 0 Å². The molecule has 0 spiro atoms. The first-order chi connectivity index (χ1) is 4.79. The first-order valence-corrected chi connectivity index (χ1v) is 4.86. The van der Waals surface area contributed by atoms with Gasteiger partial charge >= 0.3 is 0 Å². The molecule has 0 aromatic carbocycles. The summed E-state index contributed by atoms with van der Waals surface area (Å²) in [5.41, 5.74) is 0. The quantitative estimate of drug-likeness (QED) is 0.608. The lowest BCUT2D eigenvalue weighted by atomic mass is 10.1. The molecule has 1 atom stereocenters. The highest BCUT2D eigenvalue weighted by molar-refractivity contribution is 7.79. The number of hydrogen-bond donors (Lipinski definition) is 1. The number of nitrogens with zero attached hydrogens (tertiary/aromatic N) is 1. The molecular weight excluding hydrogens is 150 g/mol. The van der Waals surface area contributed by atoms with Crippen molar-refractivity contribution >= 4 is 11.1 Å². The van der Waals surface area contributed by atoms with Gasteiger partial charge in [0.2, 0.25) is 0 Å². The number of piperidine rings is 1. The molecule has 1 unspecified atom stereocenters. The zero-order valence-corrected chi connectivity index (χ0v) is 6.77. The van der Waals surface area contributed by atoms with Gasteiger partial charge in [-0.1, -0.05) is 6.42 Å². The molecule has 10 heavy (non-hydrogen) atoms. The van der Waals surface area contributed by atoms with E-state index in [9.17, 15) is 4.21 Å². The first-order valence-electron chi connectivity index (χ1n) is 3.59. The van der Waals surface area contributed by atoms with E-state index >= 15 is 0 Å². The molecule has 1 saturated heterocycles. The first kappa shape index (κ1) is 8.17. The van der Waals surface area contributed by atoms with Gasteiger partial charge in [0.05, 0.1) is 0 Å². The van der Waals surface area contributed by atoms with Crippen LogP contribution in [0.25, 0.3) is 0 Å². The van der Waals surface area contributed by atoms with Crippen LogP contribution >= 0.6 is 0 Å². The predicted molar refractivity (Wildman–Crippen MR) is 41.1 cm³/mol. The molecule has 4 heteroatoms. The van der Waals surface area contributed by atoms with Crippen LogP contribution in [0, 0.1) is 0 Å². The van der Waals surface area contributed by atoms with Crippen LogP contribution in [-0.2, 0) is 11.1 Å². The van der Waals surface area contributed by atoms with Gasteiger partial charge in [0.1, 0.15) is 5.88 Å². The van der Waals surface area contributed by atoms with Crippen molar-refractivity contribution in [3.63, 3.8) is 0 Å². The number of hydrogen-bond acceptors (Lipinski definition) is 2. The summed E-state index contributed by atoms with van der Waals surface area (Å²) < 4.78 is 18.9. The van der Waals surface area contributed by atoms with Crippen LogP contribution in [0.2, 0.25) is 0 Å². The number of likely N-dealkylation sites (tertiary alicyclic amines) is 1. The zero-order valence-electron chi connectivity index (χ0n) is 5.95. The van der Waals surface area contributed by atoms with Gasteiger partial charge in [-0.05, 0) is 25.9 Å². The van der Waals surface area contributed by atoms with Crippen molar-refractivity contribution in [1.82, 2.24) is 4.90 Å². The maximum atomic E-state index is 10.3. The van der Waals surface area contributed by atoms with Gasteiger partial charge in [-0.15, -0.1) is 0 Å². The Morgan fingerprint density at radius 3 is 2.40 bits per heavy atom. The fourth-order valence-electron chi connectivity index (χ4n) is 1.24. The fraction of sp³-hybridized carbons (Fsp3) is 1.00. The van der Waals surface area contributed by atoms with Gasteiger partial charge in [0.25, 0.3) is 0 Å². The Balaban J connectivity index is 2.19. The van der Waals surface area contributed by atoms with Crippen molar-refractivity contribution in [2.45, 2.75) is 19.3 Å². The maximum absolute atomic E-state index is 10.3. The van der Waals surface area contributed by atoms with Crippen molar-refractivity contribution < 1.29 is 8.76 Å². The van der Waals surface area contributed by atoms with Crippen LogP contribution in [0.1, 0.15) is 19.3 Å². The molecule has 1 aliphatic heterocycles. The second kappa shape index (κ2) is 4.05. The van der Waals surface area contributed by atoms with Gasteiger partial charge < -0.3 is 4.55 Å². The Hall–Kier alpha value is 0.0700. The Bertz CT molecular complexity index is 123. The van der Waals surface area contributed by atoms with E-state index < -0.39 is 11.1 Å². The molecule has 1 heterocycles. The lowest BCUT2D eigenvalue weighted by Crippen LogP contribution is -2.32. The molecule has 0 bridgehead atoms. The van der Waals surface area contributed by atoms with Crippen LogP contribution in [0.5, 0.6) is 0 Å². The molecule has 1 N–H and O–H groups in total. The second-order valence-corrected chi connectivity index (χ2v) is 3.53. The van der Waals surface area contributed by atoms with Crippen LogP contribution in [0.3, 0.4) is 0 Å². The highest BCUT2D eigenvalue weighted by Gasteiger charge is 2.10. The van der Waals surface area contributed by atoms with E-state index in [1.54, 1.807) is 0 Å². The van der Waals surface area contributed by atoms with Crippen molar-refractivity contribution in [2.24, 2.45) is 0 Å². The standard InChI is InChI=1S/C6H13NO2S/c8-10(9)6-7-4-2-1-3-5-7/h1-6H2,(H,8,9). The minimum Gasteiger partial charge on any atom is -0.305 e. The van der Waals surface area contributed by atoms with Gasteiger partial charge in [-0.2, -0.15) is 0 Å². The van der Waals surface area contributed by atoms with E-state index in [1.165, 1.54) is 19.3 Å². The summed E-state index contributed by atoms with van der Waals surface area (Å²) in [5.74, 6) is 0.333. The topological polar surface area (TPSA) is 40.5 Å². The molecule has 0 aromatic heterocycles. The van der Waals surface area contributed by atoms with Crippen molar-refractivity contribution in [3.05, 3.63) is 0 Å². The van der Waals surface area contributed by atoms with E-state index in [4.69, 9.17) is 4.55 Å². The minimum atomic E-state index is -1.64. The summed E-state index contributed by atoms with van der Waals surface area (Å²) in [7, 11) is 0. The third kappa shape index (κ3) is 2.77. The Morgan fingerprint density at radius 1 is 1.30 bits per heavy atom. The minimum absolute atomic E-state index is 0.333. The van der Waals surface area contributed by atoms with E-state index in [1.807, 2.05) is 4.90 Å². The summed E-state index contributed by atoms with van der Waals surface area (Å²) >= 11 is -1.64. The summed E-state index contributed by atoms with van der Waals surface area (Å²) in [6.45, 7) is 1.98. The summed E-state index contributed by atoms with van der Waals surface area (Å²) in [6.07, 6.45) is 3.63. The van der Waals surface area contributed by atoms with E-state index in [0.29, 0.717) is 5.88 Å². The van der Waals surface area contributed by atoms with Crippen LogP contribution in [-0.4, -0.2) is 32.6 Å². The molecule has 0 aromatic rings. The smallest absolute Gasteiger partial charge is 0.167 e. The fourth-order valence-corrected chi connectivity index (χ4v) is 1.82. The van der Waals surface area contributed by atoms with Crippen molar-refractivity contribution in [3.8, 4) is 0 Å². The van der Waals surface area contributed by atoms with E-state index in [-0.39, 0.29) is 0 Å². The van der Waals surface area contributed by atoms with Gasteiger partial charge in [-0.25, -0.2) is 4.21 Å². The third-order valence-corrected chi connectivity index (χ3v) is 2.33. The molecule has 0 radical (unpaired) electrons. The highest BCUT2D eigenvalue weighted by Crippen LogP contribution is 2.07. The monoisotopic (exact) mass is 163 g/mol. The maximum Gasteiger partial charge on any atom is 0.167 e. The van der Waals surface area contributed by atoms with E-state index in [0.717, 1.165) is 13.1 Å². The van der Waals surface area contributed by atoms with E-state index in [2.05, 4.69) is 0 Å². The molecule has 1 aliphatic rings. The lowest BCUT2D eigenvalue weighted by Gasteiger charge is -2.24. The average Bonchev–Trinajstić information content (AvgIpc) is 1.88. The summed E-state index contributed by atoms with van der Waals surface area (Å²) in [4.78, 5) is 2.04. The van der Waals surface area contributed by atoms with Gasteiger partial charge in [0.15, 0.2) is 11.1 Å². The largest absolute Gasteiger partial charge is 0.305 e. The Morgan fingerprint density at radius 2 is 1.90 bits per heavy atom. The van der Waals surface area contributed by atoms with Crippen molar-refractivity contribution in [1.29, 1.82) is 0 Å². The molecule has 1 rings (SSSR count). The van der Waals surface area contributed by atoms with Crippen LogP contribution in [0.4, 0.5) is 0 Å². The summed E-state index contributed by atoms with van der Waals surface area (Å²) in [5, 5.41) is 0. The molecule has 0 saturated carbocycles. The summed E-state index contributed by atoms with van der Waals surface area (Å²) in [6, 6.07) is 0. The highest BCUT2D eigenvalue weighted by atomic mass is 32.2. The number of rotatable bonds is 2. The second-order valence-electron chi connectivity index (χ2n) is 2.63. The Kier molecular flexibility index (Phi) is 3.31. The third-order valence-electron chi connectivity index (χ3n) is 1.74. The van der Waals surface area contributed by atoms with Gasteiger partial charge in [-0.3, -0.25) is 4.90 Å². The molecular formula is C6H13NO2S. The predicted octanol–water partition coefficient (Wildman–Crippen LogP) is 0.652. The van der Waals surface area contributed by atoms with Crippen LogP contribution in [0.15, 0.2) is 0 Å². The normalized spacial score (nSPS) is 24.5. The average molecular weight is 163 g/mol. The van der Waals surface area contributed by atoms with Gasteiger partial charge in [0, 0.05) is 0 Å². The molecule has 1 fully saturated rings. The zero-order chi connectivity index (χ0) is 7.40. The lowest BCUT2D eigenvalue weighted by molar-refractivity contribution is 0.260. The molecule has 60 valence electrons. The molecule has 3 nitrogen and oxygen atoms in total. The Labute approximate surface area is 63.7 Å². The SMILES string of the molecule is O=S(O)CN1CCCCC1. The molecule has 0 aliphatic carbocycles. The molecule has 0 amide bonds. The van der Waals surface area contributed by atoms with Crippen molar-refractivity contribution in [2.75, 3.05) is 19.0 Å².